The second kappa shape index (κ2) is 15.9. The van der Waals surface area contributed by atoms with Crippen LogP contribution in [0, 0.1) is 23.7 Å². The Morgan fingerprint density at radius 1 is 1.05 bits per heavy atom. The molecule has 3 heteroatoms. The number of aliphatic hydroxyl groups excluding tert-OH is 1. The summed E-state index contributed by atoms with van der Waals surface area (Å²) in [6.07, 6.45) is 9.71. The first kappa shape index (κ1) is 20.6. The van der Waals surface area contributed by atoms with Crippen LogP contribution in [0.15, 0.2) is 0 Å². The van der Waals surface area contributed by atoms with Crippen molar-refractivity contribution in [2.45, 2.75) is 83.7 Å². The average Bonchev–Trinajstić information content (AvgIpc) is 2.52. The van der Waals surface area contributed by atoms with E-state index in [9.17, 15) is 9.90 Å². The number of esters is 1. The van der Waals surface area contributed by atoms with Crippen LogP contribution in [0.2, 0.25) is 0 Å². The van der Waals surface area contributed by atoms with Crippen molar-refractivity contribution in [1.29, 1.82) is 0 Å². The van der Waals surface area contributed by atoms with Crippen molar-refractivity contribution >= 4 is 5.97 Å². The number of unbranched alkanes of at least 4 members (excludes halogenated alkanes) is 6. The largest absolute Gasteiger partial charge is 0.469 e. The summed E-state index contributed by atoms with van der Waals surface area (Å²) in [5, 5.41) is 9.78. The number of hydrogen-bond donors (Lipinski definition) is 1. The number of rotatable bonds is 11. The quantitative estimate of drug-likeness (QED) is 0.358. The molecule has 0 aliphatic heterocycles. The van der Waals surface area contributed by atoms with E-state index >= 15 is 0 Å². The first-order valence-corrected chi connectivity index (χ1v) is 8.41. The molecule has 1 atom stereocenters. The Morgan fingerprint density at radius 3 is 2.50 bits per heavy atom. The minimum absolute atomic E-state index is 0.147. The average molecular weight is 306 g/mol. The van der Waals surface area contributed by atoms with Gasteiger partial charge in [0.2, 0.25) is 0 Å². The summed E-state index contributed by atoms with van der Waals surface area (Å²) in [4.78, 5) is 10.9. The van der Waals surface area contributed by atoms with E-state index in [0.29, 0.717) is 12.8 Å². The Bertz CT molecular complexity index is 392. The van der Waals surface area contributed by atoms with Gasteiger partial charge in [0.05, 0.1) is 13.2 Å². The van der Waals surface area contributed by atoms with E-state index in [-0.39, 0.29) is 12.1 Å². The van der Waals surface area contributed by atoms with E-state index in [1.165, 1.54) is 20.0 Å². The van der Waals surface area contributed by atoms with Gasteiger partial charge >= 0.3 is 5.97 Å². The third kappa shape index (κ3) is 14.9. The zero-order valence-corrected chi connectivity index (χ0v) is 14.1. The minimum Gasteiger partial charge on any atom is -0.469 e. The minimum atomic E-state index is -0.366. The number of hydrogen-bond acceptors (Lipinski definition) is 3. The van der Waals surface area contributed by atoms with Crippen molar-refractivity contribution in [2.75, 3.05) is 7.11 Å². The van der Waals surface area contributed by atoms with Gasteiger partial charge in [-0.1, -0.05) is 50.9 Å². The van der Waals surface area contributed by atoms with Crippen LogP contribution in [0.3, 0.4) is 0 Å². The third-order valence-corrected chi connectivity index (χ3v) is 3.38. The van der Waals surface area contributed by atoms with Crippen molar-refractivity contribution in [3.8, 4) is 23.7 Å². The lowest BCUT2D eigenvalue weighted by Gasteiger charge is -2.06. The highest BCUT2D eigenvalue weighted by Crippen LogP contribution is 2.09. The Balaban J connectivity index is 3.50. The van der Waals surface area contributed by atoms with Gasteiger partial charge in [-0.25, -0.2) is 0 Å². The number of carbonyl (C=O) groups is 1. The van der Waals surface area contributed by atoms with Gasteiger partial charge in [0.1, 0.15) is 0 Å². The summed E-state index contributed by atoms with van der Waals surface area (Å²) in [7, 11) is 1.41. The fraction of sp³-hybridized carbons (Fsp3) is 0.737. The monoisotopic (exact) mass is 306 g/mol. The van der Waals surface area contributed by atoms with Crippen LogP contribution in [-0.2, 0) is 9.53 Å². The van der Waals surface area contributed by atoms with E-state index < -0.39 is 0 Å². The van der Waals surface area contributed by atoms with Gasteiger partial charge in [-0.05, 0) is 31.1 Å². The van der Waals surface area contributed by atoms with E-state index in [1.54, 1.807) is 0 Å². The first-order valence-electron chi connectivity index (χ1n) is 8.41. The molecule has 1 unspecified atom stereocenters. The molecule has 0 fully saturated rings. The van der Waals surface area contributed by atoms with E-state index in [4.69, 9.17) is 0 Å². The lowest BCUT2D eigenvalue weighted by molar-refractivity contribution is -0.140. The summed E-state index contributed by atoms with van der Waals surface area (Å²) in [5.74, 6) is 11.4. The van der Waals surface area contributed by atoms with Crippen LogP contribution in [0.25, 0.3) is 0 Å². The molecule has 0 spiro atoms. The Morgan fingerprint density at radius 2 is 1.77 bits per heavy atom. The zero-order chi connectivity index (χ0) is 16.5. The molecule has 124 valence electrons. The standard InChI is InChI=1S/C19H30O3/c1-3-4-5-6-7-8-9-12-15-18(20)16-13-10-11-14-17-19(21)22-2/h18,20H,3-6,10-11,13-17H2,1-2H3. The molecule has 0 saturated heterocycles. The topological polar surface area (TPSA) is 46.5 Å². The van der Waals surface area contributed by atoms with Crippen LogP contribution in [0.1, 0.15) is 77.6 Å². The molecule has 0 rings (SSSR count). The van der Waals surface area contributed by atoms with E-state index in [2.05, 4.69) is 35.3 Å². The Kier molecular flexibility index (Phi) is 14.9. The maximum atomic E-state index is 10.9. The second-order valence-electron chi connectivity index (χ2n) is 5.45. The molecule has 0 saturated carbocycles. The molecular formula is C19H30O3. The van der Waals surface area contributed by atoms with Gasteiger partial charge in [0, 0.05) is 19.3 Å². The van der Waals surface area contributed by atoms with Crippen LogP contribution in [0.4, 0.5) is 0 Å². The van der Waals surface area contributed by atoms with E-state index in [1.807, 2.05) is 0 Å². The predicted molar refractivity (Wildman–Crippen MR) is 90.0 cm³/mol. The van der Waals surface area contributed by atoms with Crippen molar-refractivity contribution < 1.29 is 14.6 Å². The lowest BCUT2D eigenvalue weighted by Crippen LogP contribution is -2.04. The van der Waals surface area contributed by atoms with Gasteiger partial charge in [0.25, 0.3) is 0 Å². The van der Waals surface area contributed by atoms with Crippen molar-refractivity contribution in [3.05, 3.63) is 0 Å². The highest BCUT2D eigenvalue weighted by atomic mass is 16.5. The SMILES string of the molecule is CCCCCC#CC#CCC(O)CCCCCCC(=O)OC. The zero-order valence-electron chi connectivity index (χ0n) is 14.1. The van der Waals surface area contributed by atoms with Crippen molar-refractivity contribution in [1.82, 2.24) is 0 Å². The lowest BCUT2D eigenvalue weighted by atomic mass is 10.1. The molecule has 0 heterocycles. The highest BCUT2D eigenvalue weighted by Gasteiger charge is 2.02. The van der Waals surface area contributed by atoms with Crippen LogP contribution >= 0.6 is 0 Å². The molecule has 0 radical (unpaired) electrons. The van der Waals surface area contributed by atoms with Gasteiger partial charge < -0.3 is 9.84 Å². The fourth-order valence-corrected chi connectivity index (χ4v) is 1.99. The van der Waals surface area contributed by atoms with Gasteiger partial charge in [-0.3, -0.25) is 4.79 Å². The van der Waals surface area contributed by atoms with Crippen molar-refractivity contribution in [2.24, 2.45) is 0 Å². The molecule has 0 aliphatic rings. The van der Waals surface area contributed by atoms with Crippen molar-refractivity contribution in [3.63, 3.8) is 0 Å². The smallest absolute Gasteiger partial charge is 0.305 e. The molecular weight excluding hydrogens is 276 g/mol. The number of methoxy groups -OCH3 is 1. The molecule has 0 aromatic heterocycles. The number of aliphatic hydroxyl groups is 1. The number of ether oxygens (including phenoxy) is 1. The molecule has 22 heavy (non-hydrogen) atoms. The molecule has 0 aliphatic carbocycles. The molecule has 0 aromatic rings. The highest BCUT2D eigenvalue weighted by molar-refractivity contribution is 5.68. The summed E-state index contributed by atoms with van der Waals surface area (Å²) in [5.41, 5.74) is 0. The van der Waals surface area contributed by atoms with Crippen LogP contribution in [0.5, 0.6) is 0 Å². The first-order chi connectivity index (χ1) is 10.7. The van der Waals surface area contributed by atoms with Gasteiger partial charge in [0.15, 0.2) is 0 Å². The van der Waals surface area contributed by atoms with E-state index in [0.717, 1.165) is 44.9 Å². The van der Waals surface area contributed by atoms with Gasteiger partial charge in [-0.15, -0.1) is 0 Å². The predicted octanol–water partition coefficient (Wildman–Crippen LogP) is 3.84. The fourth-order valence-electron chi connectivity index (χ4n) is 1.99. The maximum absolute atomic E-state index is 10.9. The Labute approximate surface area is 135 Å². The van der Waals surface area contributed by atoms with Crippen LogP contribution < -0.4 is 0 Å². The third-order valence-electron chi connectivity index (χ3n) is 3.38. The summed E-state index contributed by atoms with van der Waals surface area (Å²) < 4.78 is 4.58. The normalized spacial score (nSPS) is 10.9. The van der Waals surface area contributed by atoms with Gasteiger partial charge in [-0.2, -0.15) is 0 Å². The molecule has 0 aromatic carbocycles. The molecule has 1 N–H and O–H groups in total. The second-order valence-corrected chi connectivity index (χ2v) is 5.45. The summed E-state index contributed by atoms with van der Waals surface area (Å²) in [6, 6.07) is 0. The number of carbonyl (C=O) groups excluding carboxylic acids is 1. The summed E-state index contributed by atoms with van der Waals surface area (Å²) >= 11 is 0. The Hall–Kier alpha value is -1.45. The van der Waals surface area contributed by atoms with Crippen LogP contribution in [-0.4, -0.2) is 24.3 Å². The summed E-state index contributed by atoms with van der Waals surface area (Å²) in [6.45, 7) is 2.17. The maximum Gasteiger partial charge on any atom is 0.305 e. The molecule has 0 amide bonds. The molecule has 3 nitrogen and oxygen atoms in total. The molecule has 0 bridgehead atoms.